The quantitative estimate of drug-likeness (QED) is 0.538. The Balaban J connectivity index is 3.45. The van der Waals surface area contributed by atoms with Gasteiger partial charge in [-0.15, -0.1) is 0 Å². The number of carbonyl (C=O) groups excluding carboxylic acids is 1. The summed E-state index contributed by atoms with van der Waals surface area (Å²) in [5.74, 6) is 0.330. The minimum atomic E-state index is -0.312. The van der Waals surface area contributed by atoms with E-state index in [2.05, 4.69) is 0 Å². The Morgan fingerprint density at radius 3 is 2.50 bits per heavy atom. The van der Waals surface area contributed by atoms with Gasteiger partial charge in [-0.1, -0.05) is 32.5 Å². The van der Waals surface area contributed by atoms with E-state index in [0.29, 0.717) is 12.5 Å². The number of aliphatic hydroxyl groups is 1. The van der Waals surface area contributed by atoms with Crippen LogP contribution in [0.25, 0.3) is 0 Å². The summed E-state index contributed by atoms with van der Waals surface area (Å²) in [5, 5.41) is 8.48. The van der Waals surface area contributed by atoms with Crippen molar-refractivity contribution in [2.24, 2.45) is 5.41 Å². The second-order valence-electron chi connectivity index (χ2n) is 3.43. The van der Waals surface area contributed by atoms with Crippen LogP contribution in [0.15, 0.2) is 0 Å². The van der Waals surface area contributed by atoms with E-state index in [1.807, 2.05) is 20.8 Å². The first-order chi connectivity index (χ1) is 5.48. The van der Waals surface area contributed by atoms with Gasteiger partial charge in [0.25, 0.3) is 0 Å². The molecule has 0 spiro atoms. The van der Waals surface area contributed by atoms with Gasteiger partial charge in [0.15, 0.2) is 5.12 Å². The molecule has 0 aliphatic rings. The molecule has 1 N–H and O–H groups in total. The number of ether oxygens (including phenoxy) is 1. The minimum absolute atomic E-state index is 0.00423. The summed E-state index contributed by atoms with van der Waals surface area (Å²) in [6.07, 6.45) is 0. The highest BCUT2D eigenvalue weighted by atomic mass is 32.2. The number of hydrogen-bond donors (Lipinski definition) is 1. The van der Waals surface area contributed by atoms with Crippen LogP contribution in [0.5, 0.6) is 0 Å². The topological polar surface area (TPSA) is 46.5 Å². The summed E-state index contributed by atoms with van der Waals surface area (Å²) < 4.78 is 4.94. The lowest BCUT2D eigenvalue weighted by atomic mass is 10.00. The third kappa shape index (κ3) is 5.57. The molecule has 0 rings (SSSR count). The maximum absolute atomic E-state index is 11.2. The zero-order valence-corrected chi connectivity index (χ0v) is 8.61. The molecule has 0 saturated carbocycles. The van der Waals surface area contributed by atoms with Crippen molar-refractivity contribution in [3.05, 3.63) is 0 Å². The fourth-order valence-corrected chi connectivity index (χ4v) is 1.18. The Kier molecular flexibility index (Phi) is 5.53. The maximum Gasteiger partial charge on any atom is 0.196 e. The Labute approximate surface area is 77.5 Å². The molecule has 0 aromatic rings. The highest BCUT2D eigenvalue weighted by Gasteiger charge is 2.21. The van der Waals surface area contributed by atoms with Gasteiger partial charge in [-0.3, -0.25) is 4.79 Å². The van der Waals surface area contributed by atoms with E-state index in [1.165, 1.54) is 0 Å². The smallest absolute Gasteiger partial charge is 0.196 e. The van der Waals surface area contributed by atoms with Crippen molar-refractivity contribution in [2.75, 3.05) is 19.2 Å². The van der Waals surface area contributed by atoms with Crippen LogP contribution in [0.1, 0.15) is 20.8 Å². The molecule has 0 atom stereocenters. The minimum Gasteiger partial charge on any atom is -0.394 e. The normalized spacial score (nSPS) is 11.7. The summed E-state index contributed by atoms with van der Waals surface area (Å²) in [4.78, 5) is 11.2. The fourth-order valence-electron chi connectivity index (χ4n) is 0.435. The standard InChI is InChI=1S/C8H16O3S/c1-8(2,3)7(10)12-6-11-5-4-9/h9H,4-6H2,1-3H3. The Morgan fingerprint density at radius 1 is 1.50 bits per heavy atom. The number of thioether (sulfide) groups is 1. The molecular weight excluding hydrogens is 176 g/mol. The Morgan fingerprint density at radius 2 is 2.08 bits per heavy atom. The van der Waals surface area contributed by atoms with Crippen LogP contribution in [0.4, 0.5) is 0 Å². The number of carbonyl (C=O) groups is 1. The molecule has 3 nitrogen and oxygen atoms in total. The molecule has 12 heavy (non-hydrogen) atoms. The van der Waals surface area contributed by atoms with E-state index in [0.717, 1.165) is 11.8 Å². The van der Waals surface area contributed by atoms with E-state index >= 15 is 0 Å². The molecule has 0 aliphatic carbocycles. The third-order valence-corrected chi connectivity index (χ3v) is 2.28. The van der Waals surface area contributed by atoms with E-state index < -0.39 is 0 Å². The average molecular weight is 192 g/mol. The fraction of sp³-hybridized carbons (Fsp3) is 0.875. The van der Waals surface area contributed by atoms with Gasteiger partial charge < -0.3 is 9.84 Å². The van der Waals surface area contributed by atoms with Crippen LogP contribution >= 0.6 is 11.8 Å². The van der Waals surface area contributed by atoms with Crippen molar-refractivity contribution in [1.82, 2.24) is 0 Å². The molecule has 0 bridgehead atoms. The van der Waals surface area contributed by atoms with E-state index in [-0.39, 0.29) is 17.1 Å². The molecule has 0 heterocycles. The summed E-state index contributed by atoms with van der Waals surface area (Å²) >= 11 is 1.15. The molecule has 4 heteroatoms. The summed E-state index contributed by atoms with van der Waals surface area (Å²) in [6, 6.07) is 0. The Bertz CT molecular complexity index is 140. The molecule has 72 valence electrons. The van der Waals surface area contributed by atoms with Crippen molar-refractivity contribution in [2.45, 2.75) is 20.8 Å². The van der Waals surface area contributed by atoms with Gasteiger partial charge in [0.1, 0.15) is 0 Å². The zero-order valence-electron chi connectivity index (χ0n) is 7.79. The summed E-state index contributed by atoms with van der Waals surface area (Å²) in [7, 11) is 0. The van der Waals surface area contributed by atoms with Crippen LogP contribution in [0.3, 0.4) is 0 Å². The van der Waals surface area contributed by atoms with Gasteiger partial charge in [-0.05, 0) is 0 Å². The number of hydrogen-bond acceptors (Lipinski definition) is 4. The van der Waals surface area contributed by atoms with Crippen LogP contribution in [-0.4, -0.2) is 29.4 Å². The Hall–Kier alpha value is -0.0600. The van der Waals surface area contributed by atoms with Crippen molar-refractivity contribution in [3.8, 4) is 0 Å². The van der Waals surface area contributed by atoms with Gasteiger partial charge in [0.2, 0.25) is 0 Å². The predicted octanol–water partition coefficient (Wildman–Crippen LogP) is 1.26. The van der Waals surface area contributed by atoms with Gasteiger partial charge >= 0.3 is 0 Å². The van der Waals surface area contributed by atoms with Gasteiger partial charge in [-0.2, -0.15) is 0 Å². The number of rotatable bonds is 4. The van der Waals surface area contributed by atoms with Crippen molar-refractivity contribution in [1.29, 1.82) is 0 Å². The van der Waals surface area contributed by atoms with E-state index in [9.17, 15) is 4.79 Å². The van der Waals surface area contributed by atoms with Gasteiger partial charge in [0.05, 0.1) is 19.2 Å². The van der Waals surface area contributed by atoms with Crippen LogP contribution < -0.4 is 0 Å². The second-order valence-corrected chi connectivity index (χ2v) is 4.33. The molecule has 0 aromatic carbocycles. The lowest BCUT2D eigenvalue weighted by molar-refractivity contribution is -0.117. The first kappa shape index (κ1) is 11.9. The molecule has 0 aromatic heterocycles. The maximum atomic E-state index is 11.2. The lowest BCUT2D eigenvalue weighted by Crippen LogP contribution is -2.17. The van der Waals surface area contributed by atoms with Crippen LogP contribution in [0, 0.1) is 5.41 Å². The predicted molar refractivity (Wildman–Crippen MR) is 50.0 cm³/mol. The molecule has 0 fully saturated rings. The van der Waals surface area contributed by atoms with Crippen molar-refractivity contribution in [3.63, 3.8) is 0 Å². The van der Waals surface area contributed by atoms with Crippen LogP contribution in [-0.2, 0) is 9.53 Å². The largest absolute Gasteiger partial charge is 0.394 e. The van der Waals surface area contributed by atoms with Crippen molar-refractivity contribution >= 4 is 16.9 Å². The van der Waals surface area contributed by atoms with E-state index in [1.54, 1.807) is 0 Å². The molecule has 0 aliphatic heterocycles. The molecule has 0 saturated heterocycles. The van der Waals surface area contributed by atoms with Crippen LogP contribution in [0.2, 0.25) is 0 Å². The SMILES string of the molecule is CC(C)(C)C(=O)SCOCCO. The highest BCUT2D eigenvalue weighted by Crippen LogP contribution is 2.22. The monoisotopic (exact) mass is 192 g/mol. The highest BCUT2D eigenvalue weighted by molar-refractivity contribution is 8.13. The third-order valence-electron chi connectivity index (χ3n) is 1.12. The first-order valence-corrected chi connectivity index (χ1v) is 4.83. The van der Waals surface area contributed by atoms with Gasteiger partial charge in [-0.25, -0.2) is 0 Å². The number of aliphatic hydroxyl groups excluding tert-OH is 1. The van der Waals surface area contributed by atoms with Crippen molar-refractivity contribution < 1.29 is 14.6 Å². The molecule has 0 radical (unpaired) electrons. The zero-order chi connectivity index (χ0) is 9.61. The van der Waals surface area contributed by atoms with E-state index in [4.69, 9.17) is 9.84 Å². The summed E-state index contributed by atoms with van der Waals surface area (Å²) in [6.45, 7) is 5.91. The average Bonchev–Trinajstić information content (AvgIpc) is 1.96. The lowest BCUT2D eigenvalue weighted by Gasteiger charge is -2.15. The molecular formula is C8H16O3S. The summed E-state index contributed by atoms with van der Waals surface area (Å²) in [5.41, 5.74) is -0.312. The van der Waals surface area contributed by atoms with Gasteiger partial charge in [0, 0.05) is 5.41 Å². The molecule has 0 amide bonds. The second kappa shape index (κ2) is 5.56. The molecule has 0 unspecified atom stereocenters. The first-order valence-electron chi connectivity index (χ1n) is 3.84.